The minimum atomic E-state index is 0. The number of halogens is 1. The minimum Gasteiger partial charge on any atom is -0.489 e. The Morgan fingerprint density at radius 2 is 1.50 bits per heavy atom. The first-order valence-electron chi connectivity index (χ1n) is 9.70. The highest BCUT2D eigenvalue weighted by molar-refractivity contribution is 5.85. The van der Waals surface area contributed by atoms with Crippen LogP contribution in [0.2, 0.25) is 0 Å². The van der Waals surface area contributed by atoms with Gasteiger partial charge in [0.05, 0.1) is 0 Å². The summed E-state index contributed by atoms with van der Waals surface area (Å²) in [5, 5.41) is 0. The van der Waals surface area contributed by atoms with Gasteiger partial charge in [-0.3, -0.25) is 0 Å². The molecule has 0 aliphatic heterocycles. The quantitative estimate of drug-likeness (QED) is 0.548. The fourth-order valence-corrected chi connectivity index (χ4v) is 4.16. The van der Waals surface area contributed by atoms with Gasteiger partial charge in [-0.15, -0.1) is 12.4 Å². The number of rotatable bonds is 6. The molecule has 0 N–H and O–H groups in total. The van der Waals surface area contributed by atoms with E-state index in [1.807, 2.05) is 18.2 Å². The fraction of sp³-hybridized carbons (Fsp3) is 0.280. The molecule has 0 aromatic heterocycles. The zero-order valence-electron chi connectivity index (χ0n) is 16.5. The van der Waals surface area contributed by atoms with E-state index in [0.717, 1.165) is 18.6 Å². The van der Waals surface area contributed by atoms with Crippen LogP contribution < -0.4 is 4.74 Å². The topological polar surface area (TPSA) is 12.5 Å². The first kappa shape index (κ1) is 20.4. The van der Waals surface area contributed by atoms with Gasteiger partial charge in [-0.1, -0.05) is 66.7 Å². The molecule has 0 saturated carbocycles. The second kappa shape index (κ2) is 9.27. The van der Waals surface area contributed by atoms with Gasteiger partial charge in [-0.2, -0.15) is 0 Å². The van der Waals surface area contributed by atoms with Crippen LogP contribution in [0.25, 0.3) is 0 Å². The molecule has 3 heteroatoms. The normalized spacial score (nSPS) is 17.8. The van der Waals surface area contributed by atoms with Crippen molar-refractivity contribution in [2.45, 2.75) is 31.4 Å². The zero-order valence-corrected chi connectivity index (χ0v) is 17.4. The molecule has 2 atom stereocenters. The van der Waals surface area contributed by atoms with Crippen molar-refractivity contribution in [2.24, 2.45) is 0 Å². The van der Waals surface area contributed by atoms with E-state index in [2.05, 4.69) is 79.7 Å². The average Bonchev–Trinajstić information content (AvgIpc) is 3.07. The Balaban J connectivity index is 0.00000225. The Labute approximate surface area is 174 Å². The van der Waals surface area contributed by atoms with Gasteiger partial charge in [0.1, 0.15) is 12.4 Å². The van der Waals surface area contributed by atoms with E-state index in [9.17, 15) is 0 Å². The predicted molar refractivity (Wildman–Crippen MR) is 119 cm³/mol. The maximum Gasteiger partial charge on any atom is 0.119 e. The number of fused-ring (bicyclic) bond motifs is 1. The lowest BCUT2D eigenvalue weighted by molar-refractivity contribution is 0.265. The molecule has 0 radical (unpaired) electrons. The molecule has 0 unspecified atom stereocenters. The Kier molecular flexibility index (Phi) is 6.77. The molecule has 2 nitrogen and oxygen atoms in total. The van der Waals surface area contributed by atoms with Crippen LogP contribution in [0.3, 0.4) is 0 Å². The molecule has 0 bridgehead atoms. The van der Waals surface area contributed by atoms with Gasteiger partial charge in [0.2, 0.25) is 0 Å². The average molecular weight is 394 g/mol. The van der Waals surface area contributed by atoms with Crippen LogP contribution in [0.15, 0.2) is 78.9 Å². The first-order chi connectivity index (χ1) is 13.2. The summed E-state index contributed by atoms with van der Waals surface area (Å²) in [5.41, 5.74) is 5.58. The molecule has 0 saturated heterocycles. The minimum absolute atomic E-state index is 0. The first-order valence-corrected chi connectivity index (χ1v) is 9.70. The van der Waals surface area contributed by atoms with E-state index in [0.29, 0.717) is 18.6 Å². The molecule has 3 aromatic rings. The predicted octanol–water partition coefficient (Wildman–Crippen LogP) is 5.50. The summed E-state index contributed by atoms with van der Waals surface area (Å²) in [6.07, 6.45) is 2.21. The van der Waals surface area contributed by atoms with Gasteiger partial charge in [-0.25, -0.2) is 0 Å². The Hall–Kier alpha value is -2.29. The van der Waals surface area contributed by atoms with Crippen molar-refractivity contribution in [2.75, 3.05) is 14.1 Å². The molecule has 3 aromatic carbocycles. The maximum atomic E-state index is 5.92. The highest BCUT2D eigenvalue weighted by Crippen LogP contribution is 2.38. The third-order valence-corrected chi connectivity index (χ3v) is 5.64. The van der Waals surface area contributed by atoms with Crippen LogP contribution in [0.5, 0.6) is 5.75 Å². The van der Waals surface area contributed by atoms with E-state index in [1.54, 1.807) is 0 Å². The lowest BCUT2D eigenvalue weighted by Gasteiger charge is -2.27. The van der Waals surface area contributed by atoms with Crippen molar-refractivity contribution in [3.8, 4) is 5.75 Å². The molecule has 1 aliphatic rings. The number of nitrogens with zero attached hydrogens (tertiary/aromatic N) is 1. The van der Waals surface area contributed by atoms with Gasteiger partial charge in [0.25, 0.3) is 0 Å². The smallest absolute Gasteiger partial charge is 0.119 e. The summed E-state index contributed by atoms with van der Waals surface area (Å²) in [7, 11) is 4.40. The number of hydrogen-bond donors (Lipinski definition) is 0. The molecule has 146 valence electrons. The van der Waals surface area contributed by atoms with Gasteiger partial charge < -0.3 is 9.64 Å². The molecule has 0 amide bonds. The van der Waals surface area contributed by atoms with Crippen molar-refractivity contribution in [1.82, 2.24) is 4.90 Å². The second-order valence-electron chi connectivity index (χ2n) is 7.66. The SMILES string of the molecule is CN(C)[C@@H]1Cc2ccccc2[C@@H]1Cc1ccc(OCc2ccccc2)cc1.Cl. The molecule has 28 heavy (non-hydrogen) atoms. The van der Waals surface area contributed by atoms with Crippen LogP contribution in [0.1, 0.15) is 28.2 Å². The maximum absolute atomic E-state index is 5.92. The Bertz CT molecular complexity index is 877. The molecule has 0 heterocycles. The number of hydrogen-bond acceptors (Lipinski definition) is 2. The van der Waals surface area contributed by atoms with Crippen molar-refractivity contribution in [1.29, 1.82) is 0 Å². The van der Waals surface area contributed by atoms with Crippen LogP contribution >= 0.6 is 12.4 Å². The summed E-state index contributed by atoms with van der Waals surface area (Å²) < 4.78 is 5.92. The van der Waals surface area contributed by atoms with E-state index < -0.39 is 0 Å². The van der Waals surface area contributed by atoms with Crippen LogP contribution in [-0.2, 0) is 19.4 Å². The molecule has 0 fully saturated rings. The lowest BCUT2D eigenvalue weighted by atomic mass is 9.90. The molecule has 4 rings (SSSR count). The zero-order chi connectivity index (χ0) is 18.6. The van der Waals surface area contributed by atoms with Crippen molar-refractivity contribution in [3.63, 3.8) is 0 Å². The third kappa shape index (κ3) is 4.57. The molecular weight excluding hydrogens is 366 g/mol. The number of benzene rings is 3. The van der Waals surface area contributed by atoms with Crippen molar-refractivity contribution in [3.05, 3.63) is 101 Å². The largest absolute Gasteiger partial charge is 0.489 e. The Morgan fingerprint density at radius 3 is 2.21 bits per heavy atom. The third-order valence-electron chi connectivity index (χ3n) is 5.64. The Morgan fingerprint density at radius 1 is 0.821 bits per heavy atom. The van der Waals surface area contributed by atoms with Crippen LogP contribution in [0.4, 0.5) is 0 Å². The van der Waals surface area contributed by atoms with Crippen molar-refractivity contribution < 1.29 is 4.74 Å². The summed E-state index contributed by atoms with van der Waals surface area (Å²) in [4.78, 5) is 2.38. The van der Waals surface area contributed by atoms with Gasteiger partial charge in [-0.05, 0) is 61.3 Å². The number of ether oxygens (including phenoxy) is 1. The molecule has 0 spiro atoms. The number of likely N-dealkylation sites (N-methyl/N-ethyl adjacent to an activating group) is 1. The van der Waals surface area contributed by atoms with E-state index >= 15 is 0 Å². The van der Waals surface area contributed by atoms with E-state index in [1.165, 1.54) is 22.3 Å². The standard InChI is InChI=1S/C25H27NO.ClH/c1-26(2)25-17-21-10-6-7-11-23(21)24(25)16-19-12-14-22(15-13-19)27-18-20-8-4-3-5-9-20;/h3-15,24-25H,16-18H2,1-2H3;1H/t24-,25+;/m0./s1. The molecule has 1 aliphatic carbocycles. The van der Waals surface area contributed by atoms with Gasteiger partial charge >= 0.3 is 0 Å². The van der Waals surface area contributed by atoms with Gasteiger partial charge in [0, 0.05) is 12.0 Å². The summed E-state index contributed by atoms with van der Waals surface area (Å²) in [6.45, 7) is 0.610. The monoisotopic (exact) mass is 393 g/mol. The molecular formula is C25H28ClNO. The van der Waals surface area contributed by atoms with Gasteiger partial charge in [0.15, 0.2) is 0 Å². The fourth-order valence-electron chi connectivity index (χ4n) is 4.16. The lowest BCUT2D eigenvalue weighted by Crippen LogP contribution is -2.32. The van der Waals surface area contributed by atoms with Crippen LogP contribution in [-0.4, -0.2) is 25.0 Å². The highest BCUT2D eigenvalue weighted by atomic mass is 35.5. The summed E-state index contributed by atoms with van der Waals surface area (Å²) in [6, 6.07) is 28.4. The van der Waals surface area contributed by atoms with Crippen molar-refractivity contribution >= 4 is 12.4 Å². The van der Waals surface area contributed by atoms with E-state index in [4.69, 9.17) is 4.74 Å². The summed E-state index contributed by atoms with van der Waals surface area (Å²) >= 11 is 0. The summed E-state index contributed by atoms with van der Waals surface area (Å²) in [5.74, 6) is 1.48. The van der Waals surface area contributed by atoms with E-state index in [-0.39, 0.29) is 12.4 Å². The highest BCUT2D eigenvalue weighted by Gasteiger charge is 2.33. The second-order valence-corrected chi connectivity index (χ2v) is 7.66. The van der Waals surface area contributed by atoms with Crippen LogP contribution in [0, 0.1) is 0 Å².